The van der Waals surface area contributed by atoms with Crippen molar-refractivity contribution in [2.45, 2.75) is 12.8 Å². The van der Waals surface area contributed by atoms with Crippen molar-refractivity contribution in [2.75, 3.05) is 0 Å². The summed E-state index contributed by atoms with van der Waals surface area (Å²) in [4.78, 5) is 21.2. The largest absolute Gasteiger partial charge is 0.272 e. The first-order valence-electron chi connectivity index (χ1n) is 2.58. The van der Waals surface area contributed by atoms with Crippen LogP contribution in [0.3, 0.4) is 0 Å². The second kappa shape index (κ2) is 4.05. The SMILES string of the molecule is C=NN1C(=O)CCC1=O.[Ar]. The molecule has 0 aromatic rings. The number of nitrogens with zero attached hydrogens (tertiary/aromatic N) is 2. The number of hydrazone groups is 1. The number of carbonyl (C=O) groups excluding carboxylic acids is 2. The summed E-state index contributed by atoms with van der Waals surface area (Å²) in [6, 6.07) is 0. The van der Waals surface area contributed by atoms with Crippen molar-refractivity contribution < 1.29 is 47.3 Å². The van der Waals surface area contributed by atoms with Gasteiger partial charge in [0.05, 0.1) is 0 Å². The third-order valence-electron chi connectivity index (χ3n) is 1.17. The van der Waals surface area contributed by atoms with Crippen LogP contribution in [0.4, 0.5) is 0 Å². The summed E-state index contributed by atoms with van der Waals surface area (Å²) in [5, 5.41) is 4.04. The van der Waals surface area contributed by atoms with Gasteiger partial charge in [0.15, 0.2) is 0 Å². The molecule has 0 radical (unpaired) electrons. The molecular formula is C5H6ArN2O2. The Balaban J connectivity index is 0.000000810. The maximum Gasteiger partial charge on any atom is 0.250 e. The molecular weight excluding hydrogens is 160 g/mol. The summed E-state index contributed by atoms with van der Waals surface area (Å²) in [6.07, 6.45) is 0.551. The van der Waals surface area contributed by atoms with E-state index < -0.39 is 0 Å². The number of rotatable bonds is 1. The van der Waals surface area contributed by atoms with Crippen molar-refractivity contribution in [2.24, 2.45) is 5.10 Å². The van der Waals surface area contributed by atoms with E-state index in [9.17, 15) is 9.59 Å². The van der Waals surface area contributed by atoms with Crippen LogP contribution < -0.4 is 0 Å². The average Bonchev–Trinajstić information content (AvgIpc) is 2.12. The van der Waals surface area contributed by atoms with Gasteiger partial charge in [0.25, 0.3) is 0 Å². The van der Waals surface area contributed by atoms with Crippen molar-refractivity contribution in [1.29, 1.82) is 0 Å². The monoisotopic (exact) mass is 166 g/mol. The molecule has 5 heteroatoms. The molecule has 10 heavy (non-hydrogen) atoms. The van der Waals surface area contributed by atoms with Crippen molar-refractivity contribution >= 4 is 18.5 Å². The van der Waals surface area contributed by atoms with Gasteiger partial charge in [-0.1, -0.05) is 0 Å². The molecule has 0 aromatic carbocycles. The van der Waals surface area contributed by atoms with E-state index in [2.05, 4.69) is 11.8 Å². The molecule has 1 fully saturated rings. The molecule has 1 aliphatic rings. The van der Waals surface area contributed by atoms with Gasteiger partial charge in [-0.15, -0.1) is 0 Å². The van der Waals surface area contributed by atoms with E-state index in [4.69, 9.17) is 0 Å². The van der Waals surface area contributed by atoms with Gasteiger partial charge in [0.2, 0.25) is 11.8 Å². The van der Waals surface area contributed by atoms with Gasteiger partial charge < -0.3 is 0 Å². The van der Waals surface area contributed by atoms with Crippen LogP contribution in [0.2, 0.25) is 0 Å². The Morgan fingerprint density at radius 2 is 1.70 bits per heavy atom. The number of imide groups is 1. The molecule has 0 spiro atoms. The smallest absolute Gasteiger partial charge is 0.250 e. The van der Waals surface area contributed by atoms with Gasteiger partial charge in [0.1, 0.15) is 0 Å². The summed E-state index contributed by atoms with van der Waals surface area (Å²) in [5.74, 6) is -0.509. The molecule has 1 saturated heterocycles. The first-order valence-corrected chi connectivity index (χ1v) is 2.58. The van der Waals surface area contributed by atoms with Gasteiger partial charge in [-0.25, -0.2) is 0 Å². The summed E-state index contributed by atoms with van der Waals surface area (Å²) in [5.41, 5.74) is 0. The van der Waals surface area contributed by atoms with Gasteiger partial charge in [0, 0.05) is 57.3 Å². The molecule has 0 N–H and O–H groups in total. The zero-order valence-corrected chi connectivity index (χ0v) is 5.89. The van der Waals surface area contributed by atoms with Gasteiger partial charge >= 0.3 is 0 Å². The minimum Gasteiger partial charge on any atom is -0.272 e. The van der Waals surface area contributed by atoms with E-state index in [-0.39, 0.29) is 62.4 Å². The fourth-order valence-electron chi connectivity index (χ4n) is 0.722. The molecule has 0 aromatic heterocycles. The number of hydrogen-bond donors (Lipinski definition) is 0. The van der Waals surface area contributed by atoms with E-state index in [1.165, 1.54) is 0 Å². The molecule has 1 heterocycles. The van der Waals surface area contributed by atoms with Crippen molar-refractivity contribution in [1.82, 2.24) is 5.01 Å². The van der Waals surface area contributed by atoms with Crippen molar-refractivity contribution in [3.05, 3.63) is 0 Å². The Hall–Kier alpha value is 0.0697. The molecule has 4 nitrogen and oxygen atoms in total. The van der Waals surface area contributed by atoms with E-state index >= 15 is 0 Å². The fraction of sp³-hybridized carbons (Fsp3) is 0.400. The van der Waals surface area contributed by atoms with Gasteiger partial charge in [-0.05, 0) is 0 Å². The van der Waals surface area contributed by atoms with E-state index in [0.717, 1.165) is 5.01 Å². The van der Waals surface area contributed by atoms with Crippen LogP contribution >= 0.6 is 0 Å². The van der Waals surface area contributed by atoms with Gasteiger partial charge in [-0.2, -0.15) is 10.1 Å². The summed E-state index contributed by atoms with van der Waals surface area (Å²) in [6.45, 7) is 3.08. The molecule has 0 bridgehead atoms. The Kier molecular flexibility index (Phi) is 4.08. The Bertz CT molecular complexity index is 164. The van der Waals surface area contributed by atoms with Crippen LogP contribution in [0.5, 0.6) is 0 Å². The average molecular weight is 166 g/mol. The van der Waals surface area contributed by atoms with Crippen molar-refractivity contribution in [3.8, 4) is 0 Å². The second-order valence-electron chi connectivity index (χ2n) is 1.74. The molecule has 0 atom stereocenters. The normalized spacial score (nSPS) is 17.0. The Labute approximate surface area is 88.3 Å². The molecule has 1 aliphatic heterocycles. The Morgan fingerprint density at radius 1 is 1.30 bits per heavy atom. The number of carbonyl (C=O) groups is 2. The second-order valence-corrected chi connectivity index (χ2v) is 1.74. The molecule has 0 saturated carbocycles. The fourth-order valence-corrected chi connectivity index (χ4v) is 0.722. The van der Waals surface area contributed by atoms with Gasteiger partial charge in [-0.3, -0.25) is 9.59 Å². The minimum atomic E-state index is -0.255. The number of hydrogen-bond acceptors (Lipinski definition) is 3. The topological polar surface area (TPSA) is 49.7 Å². The molecule has 56 valence electrons. The van der Waals surface area contributed by atoms with Crippen molar-refractivity contribution in [3.63, 3.8) is 0 Å². The molecule has 0 unspecified atom stereocenters. The Morgan fingerprint density at radius 3 is 1.90 bits per heavy atom. The molecule has 1 rings (SSSR count). The van der Waals surface area contributed by atoms with Crippen LogP contribution in [0, 0.1) is 37.7 Å². The summed E-state index contributed by atoms with van der Waals surface area (Å²) in [7, 11) is 0. The quantitative estimate of drug-likeness (QED) is 0.398. The third-order valence-corrected chi connectivity index (χ3v) is 1.17. The first-order chi connectivity index (χ1) is 4.25. The summed E-state index contributed by atoms with van der Waals surface area (Å²) < 4.78 is 0. The van der Waals surface area contributed by atoms with Crippen LogP contribution in [-0.4, -0.2) is 23.5 Å². The maximum absolute atomic E-state index is 10.6. The number of amides is 2. The zero-order chi connectivity index (χ0) is 6.85. The predicted octanol–water partition coefficient (Wildman–Crippen LogP) is -0.249. The molecule has 0 aliphatic carbocycles. The van der Waals surface area contributed by atoms with E-state index in [1.54, 1.807) is 0 Å². The summed E-state index contributed by atoms with van der Waals surface area (Å²) >= 11 is 0. The minimum absolute atomic E-state index is 0. The van der Waals surface area contributed by atoms with Crippen LogP contribution in [-0.2, 0) is 9.59 Å². The first kappa shape index (κ1) is 10.1. The zero-order valence-electron chi connectivity index (χ0n) is 5.19. The standard InChI is InChI=1S/C5H6N2O2.Ar/c1-6-7-4(8)2-3-5(7)9;/h1-3H2;. The van der Waals surface area contributed by atoms with Crippen LogP contribution in [0.15, 0.2) is 5.10 Å². The van der Waals surface area contributed by atoms with E-state index in [1.807, 2.05) is 0 Å². The third kappa shape index (κ3) is 1.78. The maximum atomic E-state index is 10.6. The molecule has 2 amide bonds. The van der Waals surface area contributed by atoms with Crippen LogP contribution in [0.1, 0.15) is 12.8 Å². The predicted molar refractivity (Wildman–Crippen MR) is 30.6 cm³/mol. The van der Waals surface area contributed by atoms with Crippen LogP contribution in [0.25, 0.3) is 0 Å². The van der Waals surface area contributed by atoms with E-state index in [0.29, 0.717) is 0 Å².